The molecule has 1 aliphatic rings. The zero-order valence-corrected chi connectivity index (χ0v) is 13.4. The second kappa shape index (κ2) is 6.94. The summed E-state index contributed by atoms with van der Waals surface area (Å²) < 4.78 is 5.18. The van der Waals surface area contributed by atoms with Gasteiger partial charge in [0.25, 0.3) is 0 Å². The summed E-state index contributed by atoms with van der Waals surface area (Å²) in [6.45, 7) is 5.15. The predicted octanol–water partition coefficient (Wildman–Crippen LogP) is 2.60. The minimum atomic E-state index is 0.0774. The van der Waals surface area contributed by atoms with Gasteiger partial charge in [0, 0.05) is 19.0 Å². The summed E-state index contributed by atoms with van der Waals surface area (Å²) in [6.07, 6.45) is 1.86. The van der Waals surface area contributed by atoms with Crippen molar-refractivity contribution in [3.05, 3.63) is 29.8 Å². The van der Waals surface area contributed by atoms with Gasteiger partial charge in [-0.1, -0.05) is 12.1 Å². The topological polar surface area (TPSA) is 41.6 Å². The highest BCUT2D eigenvalue weighted by molar-refractivity contribution is 5.79. The standard InChI is InChI=1S/C17H26N2O2/c1-12-11-15(9-10-18-12)17(20)19(3)13(2)14-5-7-16(21-4)8-6-14/h5-8,12-13,15,18H,9-11H2,1-4H3/t12-,13?,15-/m0/s1. The molecule has 1 aliphatic heterocycles. The largest absolute Gasteiger partial charge is 0.497 e. The van der Waals surface area contributed by atoms with E-state index in [4.69, 9.17) is 4.74 Å². The molecule has 0 aliphatic carbocycles. The van der Waals surface area contributed by atoms with Crippen LogP contribution in [0.5, 0.6) is 5.75 Å². The molecule has 116 valence electrons. The number of rotatable bonds is 4. The summed E-state index contributed by atoms with van der Waals surface area (Å²) in [6, 6.07) is 8.44. The summed E-state index contributed by atoms with van der Waals surface area (Å²) in [5.74, 6) is 1.24. The average molecular weight is 290 g/mol. The highest BCUT2D eigenvalue weighted by Crippen LogP contribution is 2.26. The summed E-state index contributed by atoms with van der Waals surface area (Å²) in [5, 5.41) is 3.39. The van der Waals surface area contributed by atoms with E-state index in [0.29, 0.717) is 6.04 Å². The average Bonchev–Trinajstić information content (AvgIpc) is 2.53. The molecule has 1 fully saturated rings. The van der Waals surface area contributed by atoms with Gasteiger partial charge in [-0.05, 0) is 50.9 Å². The van der Waals surface area contributed by atoms with Gasteiger partial charge in [-0.25, -0.2) is 0 Å². The van der Waals surface area contributed by atoms with Crippen LogP contribution in [0.25, 0.3) is 0 Å². The lowest BCUT2D eigenvalue weighted by Crippen LogP contribution is -2.43. The van der Waals surface area contributed by atoms with Gasteiger partial charge < -0.3 is 15.0 Å². The van der Waals surface area contributed by atoms with E-state index in [1.54, 1.807) is 7.11 Å². The normalized spacial score (nSPS) is 23.4. The third kappa shape index (κ3) is 3.76. The van der Waals surface area contributed by atoms with Crippen molar-refractivity contribution in [1.29, 1.82) is 0 Å². The van der Waals surface area contributed by atoms with Crippen molar-refractivity contribution >= 4 is 5.91 Å². The number of piperidine rings is 1. The van der Waals surface area contributed by atoms with Crippen LogP contribution in [0.3, 0.4) is 0 Å². The molecule has 0 aromatic heterocycles. The van der Waals surface area contributed by atoms with Crippen LogP contribution in [0.4, 0.5) is 0 Å². The highest BCUT2D eigenvalue weighted by Gasteiger charge is 2.29. The lowest BCUT2D eigenvalue weighted by molar-refractivity contribution is -0.137. The zero-order valence-electron chi connectivity index (χ0n) is 13.4. The van der Waals surface area contributed by atoms with Gasteiger partial charge in [0.1, 0.15) is 5.75 Å². The van der Waals surface area contributed by atoms with E-state index in [1.807, 2.05) is 36.2 Å². The Morgan fingerprint density at radius 2 is 2.05 bits per heavy atom. The third-order valence-corrected chi connectivity index (χ3v) is 4.50. The number of hydrogen-bond acceptors (Lipinski definition) is 3. The van der Waals surface area contributed by atoms with Gasteiger partial charge in [0.2, 0.25) is 5.91 Å². The van der Waals surface area contributed by atoms with Gasteiger partial charge in [0.15, 0.2) is 0 Å². The Kier molecular flexibility index (Phi) is 5.23. The number of methoxy groups -OCH3 is 1. The SMILES string of the molecule is COc1ccc(C(C)N(C)C(=O)[C@H]2CCN[C@@H](C)C2)cc1. The van der Waals surface area contributed by atoms with E-state index in [-0.39, 0.29) is 17.9 Å². The van der Waals surface area contributed by atoms with Crippen molar-refractivity contribution in [2.24, 2.45) is 5.92 Å². The monoisotopic (exact) mass is 290 g/mol. The minimum absolute atomic E-state index is 0.0774. The second-order valence-corrected chi connectivity index (χ2v) is 5.97. The van der Waals surface area contributed by atoms with Crippen LogP contribution >= 0.6 is 0 Å². The summed E-state index contributed by atoms with van der Waals surface area (Å²) in [5.41, 5.74) is 1.13. The fourth-order valence-electron chi connectivity index (χ4n) is 2.94. The second-order valence-electron chi connectivity index (χ2n) is 5.97. The molecule has 0 spiro atoms. The minimum Gasteiger partial charge on any atom is -0.497 e. The number of ether oxygens (including phenoxy) is 1. The van der Waals surface area contributed by atoms with Crippen molar-refractivity contribution in [2.45, 2.75) is 38.8 Å². The van der Waals surface area contributed by atoms with Gasteiger partial charge in [-0.3, -0.25) is 4.79 Å². The first-order valence-electron chi connectivity index (χ1n) is 7.67. The lowest BCUT2D eigenvalue weighted by atomic mass is 9.91. The number of amides is 1. The van der Waals surface area contributed by atoms with E-state index >= 15 is 0 Å². The molecule has 4 heteroatoms. The van der Waals surface area contributed by atoms with Crippen molar-refractivity contribution in [3.8, 4) is 5.75 Å². The first kappa shape index (κ1) is 15.8. The lowest BCUT2D eigenvalue weighted by Gasteiger charge is -2.33. The van der Waals surface area contributed by atoms with Gasteiger partial charge in [0.05, 0.1) is 13.2 Å². The Balaban J connectivity index is 2.03. The maximum absolute atomic E-state index is 12.7. The van der Waals surface area contributed by atoms with Crippen LogP contribution in [-0.2, 0) is 4.79 Å². The Morgan fingerprint density at radius 3 is 2.62 bits per heavy atom. The molecule has 1 unspecified atom stereocenters. The Hall–Kier alpha value is -1.55. The van der Waals surface area contributed by atoms with E-state index in [0.717, 1.165) is 30.7 Å². The molecular formula is C17H26N2O2. The number of benzene rings is 1. The fourth-order valence-corrected chi connectivity index (χ4v) is 2.94. The molecule has 1 amide bonds. The third-order valence-electron chi connectivity index (χ3n) is 4.50. The number of hydrogen-bond donors (Lipinski definition) is 1. The first-order chi connectivity index (χ1) is 10.0. The molecule has 1 heterocycles. The van der Waals surface area contributed by atoms with Crippen LogP contribution in [0.1, 0.15) is 38.3 Å². The molecule has 0 saturated carbocycles. The molecule has 1 saturated heterocycles. The number of carbonyl (C=O) groups is 1. The van der Waals surface area contributed by atoms with Crippen molar-refractivity contribution in [1.82, 2.24) is 10.2 Å². The van der Waals surface area contributed by atoms with E-state index in [1.165, 1.54) is 0 Å². The van der Waals surface area contributed by atoms with Crippen LogP contribution in [0, 0.1) is 5.92 Å². The van der Waals surface area contributed by atoms with Crippen molar-refractivity contribution < 1.29 is 9.53 Å². The molecule has 1 aromatic rings. The van der Waals surface area contributed by atoms with Crippen LogP contribution in [0.15, 0.2) is 24.3 Å². The van der Waals surface area contributed by atoms with Gasteiger partial charge >= 0.3 is 0 Å². The molecule has 2 rings (SSSR count). The Bertz CT molecular complexity index is 472. The maximum Gasteiger partial charge on any atom is 0.226 e. The van der Waals surface area contributed by atoms with Crippen molar-refractivity contribution in [2.75, 3.05) is 20.7 Å². The van der Waals surface area contributed by atoms with E-state index < -0.39 is 0 Å². The Morgan fingerprint density at radius 1 is 1.38 bits per heavy atom. The molecule has 21 heavy (non-hydrogen) atoms. The van der Waals surface area contributed by atoms with E-state index in [9.17, 15) is 4.79 Å². The quantitative estimate of drug-likeness (QED) is 0.927. The summed E-state index contributed by atoms with van der Waals surface area (Å²) in [7, 11) is 3.57. The molecule has 0 bridgehead atoms. The van der Waals surface area contributed by atoms with Crippen LogP contribution in [-0.4, -0.2) is 37.6 Å². The van der Waals surface area contributed by atoms with Gasteiger partial charge in [-0.2, -0.15) is 0 Å². The molecular weight excluding hydrogens is 264 g/mol. The molecule has 1 N–H and O–H groups in total. The Labute approximate surface area is 127 Å². The van der Waals surface area contributed by atoms with Gasteiger partial charge in [-0.15, -0.1) is 0 Å². The fraction of sp³-hybridized carbons (Fsp3) is 0.588. The molecule has 0 radical (unpaired) electrons. The first-order valence-corrected chi connectivity index (χ1v) is 7.67. The van der Waals surface area contributed by atoms with E-state index in [2.05, 4.69) is 19.2 Å². The maximum atomic E-state index is 12.7. The summed E-state index contributed by atoms with van der Waals surface area (Å²) in [4.78, 5) is 14.5. The predicted molar refractivity (Wildman–Crippen MR) is 84.4 cm³/mol. The summed E-state index contributed by atoms with van der Waals surface area (Å²) >= 11 is 0. The van der Waals surface area contributed by atoms with Crippen molar-refractivity contribution in [3.63, 3.8) is 0 Å². The zero-order chi connectivity index (χ0) is 15.4. The van der Waals surface area contributed by atoms with Crippen LogP contribution in [0.2, 0.25) is 0 Å². The van der Waals surface area contributed by atoms with Crippen LogP contribution < -0.4 is 10.1 Å². The molecule has 4 nitrogen and oxygen atoms in total. The molecule has 3 atom stereocenters. The number of carbonyl (C=O) groups excluding carboxylic acids is 1. The highest BCUT2D eigenvalue weighted by atomic mass is 16.5. The molecule has 1 aromatic carbocycles. The number of nitrogens with zero attached hydrogens (tertiary/aromatic N) is 1. The number of nitrogens with one attached hydrogen (secondary N) is 1. The smallest absolute Gasteiger partial charge is 0.226 e.